The first-order valence-electron chi connectivity index (χ1n) is 16.9. The molecule has 1 heterocycles. The van der Waals surface area contributed by atoms with Crippen molar-refractivity contribution in [1.82, 2.24) is 4.90 Å². The molecule has 3 N–H and O–H groups in total. The van der Waals surface area contributed by atoms with Crippen molar-refractivity contribution in [2.24, 2.45) is 23.2 Å². The number of aliphatic hydroxyl groups is 3. The van der Waals surface area contributed by atoms with Gasteiger partial charge in [-0.25, -0.2) is 0 Å². The van der Waals surface area contributed by atoms with Crippen LogP contribution in [0.15, 0.2) is 77.9 Å². The van der Waals surface area contributed by atoms with Crippen molar-refractivity contribution in [3.8, 4) is 0 Å². The van der Waals surface area contributed by atoms with Gasteiger partial charge in [0.15, 0.2) is 0 Å². The highest BCUT2D eigenvalue weighted by Crippen LogP contribution is 2.60. The Bertz CT molecular complexity index is 1470. The van der Waals surface area contributed by atoms with Gasteiger partial charge in [0.1, 0.15) is 5.60 Å². The molecule has 2 aromatic rings. The molecule has 0 aromatic heterocycles. The number of carbonyl (C=O) groups is 1. The molecular weight excluding hydrogens is 546 g/mol. The third kappa shape index (κ3) is 5.96. The summed E-state index contributed by atoms with van der Waals surface area (Å²) in [4.78, 5) is 15.4. The Hall–Kier alpha value is -2.73. The second kappa shape index (κ2) is 12.2. The van der Waals surface area contributed by atoms with Gasteiger partial charge in [-0.15, -0.1) is 0 Å². The van der Waals surface area contributed by atoms with E-state index in [2.05, 4.69) is 75.0 Å². The standard InChI is InChI=1S/C39H51NO4/c1-25(20-32-24-39(4,44)37(43)40(32)19-17-27-11-12-28-8-5-6-9-31(28)21-27)34-15-16-35-29(10-7-18-38(34,35)3)13-14-30-22-33(41)23-36(42)26(30)2/h5-6,8-9,11-14,21,25,32-36,41-42,44H,2,7,10,15-20,22-24H2,1,3-4H3/b29-13+,30-14-/t25-,32+,33-,34-,35+,36+,38-,39+/m1/s1. The van der Waals surface area contributed by atoms with Crippen LogP contribution in [0.4, 0.5) is 0 Å². The molecule has 6 rings (SSSR count). The molecule has 4 fully saturated rings. The fourth-order valence-electron chi connectivity index (χ4n) is 9.54. The number of benzene rings is 2. The molecule has 3 aliphatic carbocycles. The monoisotopic (exact) mass is 597 g/mol. The summed E-state index contributed by atoms with van der Waals surface area (Å²) in [5.74, 6) is 1.42. The van der Waals surface area contributed by atoms with Crippen molar-refractivity contribution < 1.29 is 20.1 Å². The van der Waals surface area contributed by atoms with E-state index in [1.165, 1.54) is 47.6 Å². The molecular formula is C39H51NO4. The van der Waals surface area contributed by atoms with Gasteiger partial charge in [-0.2, -0.15) is 0 Å². The molecule has 2 aromatic carbocycles. The van der Waals surface area contributed by atoms with Crippen LogP contribution < -0.4 is 0 Å². The third-order valence-corrected chi connectivity index (χ3v) is 11.9. The zero-order valence-electron chi connectivity index (χ0n) is 26.8. The van der Waals surface area contributed by atoms with E-state index < -0.39 is 17.8 Å². The number of carbonyl (C=O) groups excluding carboxylic acids is 1. The van der Waals surface area contributed by atoms with Crippen LogP contribution in [0.2, 0.25) is 0 Å². The van der Waals surface area contributed by atoms with E-state index in [1.807, 2.05) is 4.90 Å². The quantitative estimate of drug-likeness (QED) is 0.324. The van der Waals surface area contributed by atoms with Gasteiger partial charge in [0, 0.05) is 25.4 Å². The van der Waals surface area contributed by atoms with Crippen LogP contribution in [0.5, 0.6) is 0 Å². The fraction of sp³-hybridized carbons (Fsp3) is 0.564. The number of fused-ring (bicyclic) bond motifs is 2. The first-order valence-corrected chi connectivity index (χ1v) is 16.9. The largest absolute Gasteiger partial charge is 0.393 e. The lowest BCUT2D eigenvalue weighted by Gasteiger charge is -2.45. The summed E-state index contributed by atoms with van der Waals surface area (Å²) >= 11 is 0. The zero-order valence-corrected chi connectivity index (χ0v) is 26.8. The lowest BCUT2D eigenvalue weighted by atomic mass is 9.60. The summed E-state index contributed by atoms with van der Waals surface area (Å²) in [6.07, 6.45) is 12.2. The van der Waals surface area contributed by atoms with Crippen LogP contribution in [-0.4, -0.2) is 56.5 Å². The maximum absolute atomic E-state index is 13.4. The highest BCUT2D eigenvalue weighted by Gasteiger charge is 2.53. The van der Waals surface area contributed by atoms with Crippen molar-refractivity contribution >= 4 is 16.7 Å². The summed E-state index contributed by atoms with van der Waals surface area (Å²) in [6.45, 7) is 11.3. The predicted molar refractivity (Wildman–Crippen MR) is 177 cm³/mol. The number of likely N-dealkylation sites (tertiary alicyclic amines) is 1. The number of allylic oxidation sites excluding steroid dienone is 3. The SMILES string of the molecule is C=C1/C(=C\C=C2/CCC[C@]3(C)[C@@H]([C@H](C)C[C@H]4C[C@](C)(O)C(=O)N4CCc4ccc5ccccc5c4)CC[C@@H]23)C[C@@H](O)C[C@@H]1O. The molecule has 5 heteroatoms. The average molecular weight is 598 g/mol. The van der Waals surface area contributed by atoms with Crippen LogP contribution in [0.25, 0.3) is 10.8 Å². The van der Waals surface area contributed by atoms with Gasteiger partial charge in [-0.05, 0) is 109 Å². The molecule has 1 amide bonds. The molecule has 4 aliphatic rings. The highest BCUT2D eigenvalue weighted by molar-refractivity contribution is 5.87. The van der Waals surface area contributed by atoms with Crippen LogP contribution in [-0.2, 0) is 11.2 Å². The number of nitrogens with zero attached hydrogens (tertiary/aromatic N) is 1. The smallest absolute Gasteiger partial charge is 0.254 e. The Morgan fingerprint density at radius 3 is 2.66 bits per heavy atom. The molecule has 3 saturated carbocycles. The third-order valence-electron chi connectivity index (χ3n) is 11.9. The van der Waals surface area contributed by atoms with E-state index in [0.717, 1.165) is 30.4 Å². The number of hydrogen-bond acceptors (Lipinski definition) is 4. The van der Waals surface area contributed by atoms with Crippen molar-refractivity contribution in [1.29, 1.82) is 0 Å². The molecule has 1 aliphatic heterocycles. The normalized spacial score (nSPS) is 36.9. The molecule has 1 saturated heterocycles. The van der Waals surface area contributed by atoms with Gasteiger partial charge in [0.25, 0.3) is 5.91 Å². The van der Waals surface area contributed by atoms with Crippen molar-refractivity contribution in [2.45, 2.75) is 109 Å². The van der Waals surface area contributed by atoms with Gasteiger partial charge < -0.3 is 20.2 Å². The van der Waals surface area contributed by atoms with Crippen LogP contribution in [0.3, 0.4) is 0 Å². The Morgan fingerprint density at radius 1 is 1.09 bits per heavy atom. The number of aliphatic hydroxyl groups excluding tert-OH is 2. The predicted octanol–water partition coefficient (Wildman–Crippen LogP) is 6.90. The first kappa shape index (κ1) is 31.3. The summed E-state index contributed by atoms with van der Waals surface area (Å²) in [5.41, 5.74) is 3.36. The molecule has 5 nitrogen and oxygen atoms in total. The van der Waals surface area contributed by atoms with Crippen LogP contribution >= 0.6 is 0 Å². The Balaban J connectivity index is 1.15. The van der Waals surface area contributed by atoms with E-state index in [1.54, 1.807) is 6.92 Å². The zero-order chi connectivity index (χ0) is 31.2. The molecule has 0 radical (unpaired) electrons. The highest BCUT2D eigenvalue weighted by atomic mass is 16.3. The lowest BCUT2D eigenvalue weighted by Crippen LogP contribution is -2.41. The molecule has 236 valence electrons. The molecule has 0 spiro atoms. The van der Waals surface area contributed by atoms with E-state index in [4.69, 9.17) is 0 Å². The summed E-state index contributed by atoms with van der Waals surface area (Å²) in [6, 6.07) is 15.0. The van der Waals surface area contributed by atoms with E-state index >= 15 is 0 Å². The molecule has 0 unspecified atom stereocenters. The van der Waals surface area contributed by atoms with Crippen LogP contribution in [0.1, 0.15) is 84.1 Å². The molecule has 0 bridgehead atoms. The van der Waals surface area contributed by atoms with Gasteiger partial charge in [-0.1, -0.05) is 80.6 Å². The minimum absolute atomic E-state index is 0.0501. The number of rotatable bonds is 7. The van der Waals surface area contributed by atoms with E-state index in [0.29, 0.717) is 43.6 Å². The van der Waals surface area contributed by atoms with Gasteiger partial charge in [0.05, 0.1) is 12.2 Å². The Morgan fingerprint density at radius 2 is 1.86 bits per heavy atom. The second-order valence-electron chi connectivity index (χ2n) is 14.9. The molecule has 44 heavy (non-hydrogen) atoms. The summed E-state index contributed by atoms with van der Waals surface area (Å²) < 4.78 is 0. The van der Waals surface area contributed by atoms with E-state index in [-0.39, 0.29) is 17.4 Å². The van der Waals surface area contributed by atoms with Crippen molar-refractivity contribution in [3.05, 3.63) is 83.5 Å². The summed E-state index contributed by atoms with van der Waals surface area (Å²) in [5, 5.41) is 34.0. The van der Waals surface area contributed by atoms with Crippen LogP contribution in [0, 0.1) is 23.2 Å². The number of hydrogen-bond donors (Lipinski definition) is 3. The fourth-order valence-corrected chi connectivity index (χ4v) is 9.54. The maximum atomic E-state index is 13.4. The maximum Gasteiger partial charge on any atom is 0.254 e. The average Bonchev–Trinajstić information content (AvgIpc) is 3.45. The van der Waals surface area contributed by atoms with E-state index in [9.17, 15) is 20.1 Å². The van der Waals surface area contributed by atoms with Gasteiger partial charge in [0.2, 0.25) is 0 Å². The minimum Gasteiger partial charge on any atom is -0.393 e. The van der Waals surface area contributed by atoms with Crippen molar-refractivity contribution in [3.63, 3.8) is 0 Å². The van der Waals surface area contributed by atoms with Gasteiger partial charge >= 0.3 is 0 Å². The van der Waals surface area contributed by atoms with Gasteiger partial charge in [-0.3, -0.25) is 4.79 Å². The Kier molecular flexibility index (Phi) is 8.69. The topological polar surface area (TPSA) is 81.0 Å². The Labute approximate surface area is 263 Å². The lowest BCUT2D eigenvalue weighted by molar-refractivity contribution is -0.142. The first-order chi connectivity index (χ1) is 21.0. The van der Waals surface area contributed by atoms with Crippen molar-refractivity contribution in [2.75, 3.05) is 6.54 Å². The second-order valence-corrected chi connectivity index (χ2v) is 14.9. The molecule has 8 atom stereocenters. The minimum atomic E-state index is -1.30. The number of amides is 1. The summed E-state index contributed by atoms with van der Waals surface area (Å²) in [7, 11) is 0.